The fourth-order valence-corrected chi connectivity index (χ4v) is 2.79. The van der Waals surface area contributed by atoms with E-state index in [9.17, 15) is 0 Å². The van der Waals surface area contributed by atoms with Crippen molar-refractivity contribution in [2.24, 2.45) is 0 Å². The van der Waals surface area contributed by atoms with Gasteiger partial charge in [-0.3, -0.25) is 0 Å². The van der Waals surface area contributed by atoms with Crippen molar-refractivity contribution in [2.75, 3.05) is 14.2 Å². The monoisotopic (exact) mass is 277 g/mol. The zero-order valence-corrected chi connectivity index (χ0v) is 12.3. The minimum absolute atomic E-state index is 0.762. The molecule has 0 fully saturated rings. The summed E-state index contributed by atoms with van der Waals surface area (Å²) in [4.78, 5) is 1.38. The minimum Gasteiger partial charge on any atom is -0.497 e. The highest BCUT2D eigenvalue weighted by Gasteiger charge is 2.05. The topological polar surface area (TPSA) is 30.5 Å². The van der Waals surface area contributed by atoms with E-state index in [4.69, 9.17) is 9.47 Å². The highest BCUT2D eigenvalue weighted by atomic mass is 32.1. The van der Waals surface area contributed by atoms with Crippen LogP contribution in [0.3, 0.4) is 0 Å². The highest BCUT2D eigenvalue weighted by molar-refractivity contribution is 7.10. The highest BCUT2D eigenvalue weighted by Crippen LogP contribution is 2.24. The first-order valence-corrected chi connectivity index (χ1v) is 7.07. The van der Waals surface area contributed by atoms with Gasteiger partial charge >= 0.3 is 0 Å². The number of ether oxygens (including phenoxy) is 2. The second-order valence-corrected chi connectivity index (χ2v) is 5.31. The molecule has 0 atom stereocenters. The van der Waals surface area contributed by atoms with Crippen molar-refractivity contribution in [3.05, 3.63) is 45.6 Å². The van der Waals surface area contributed by atoms with Crippen LogP contribution in [-0.4, -0.2) is 14.2 Å². The third kappa shape index (κ3) is 3.49. The summed E-state index contributed by atoms with van der Waals surface area (Å²) in [5.74, 6) is 1.74. The Morgan fingerprint density at radius 3 is 2.58 bits per heavy atom. The van der Waals surface area contributed by atoms with Crippen molar-refractivity contribution >= 4 is 11.3 Å². The number of thiophene rings is 1. The molecule has 1 aromatic heterocycles. The summed E-state index contributed by atoms with van der Waals surface area (Å²) in [6.45, 7) is 3.78. The zero-order chi connectivity index (χ0) is 13.7. The van der Waals surface area contributed by atoms with Crippen molar-refractivity contribution in [3.63, 3.8) is 0 Å². The van der Waals surface area contributed by atoms with E-state index >= 15 is 0 Å². The van der Waals surface area contributed by atoms with Crippen molar-refractivity contribution in [1.82, 2.24) is 5.32 Å². The second kappa shape index (κ2) is 6.59. The average molecular weight is 277 g/mol. The van der Waals surface area contributed by atoms with Crippen molar-refractivity contribution < 1.29 is 9.47 Å². The molecule has 0 bridgehead atoms. The summed E-state index contributed by atoms with van der Waals surface area (Å²) in [6, 6.07) is 8.00. The molecule has 102 valence electrons. The predicted octanol–water partition coefficient (Wildman–Crippen LogP) is 3.36. The first kappa shape index (κ1) is 13.9. The van der Waals surface area contributed by atoms with Gasteiger partial charge in [-0.05, 0) is 42.1 Å². The molecular weight excluding hydrogens is 258 g/mol. The molecule has 2 rings (SSSR count). The Bertz CT molecular complexity index is 537. The quantitative estimate of drug-likeness (QED) is 0.878. The Morgan fingerprint density at radius 1 is 1.11 bits per heavy atom. The molecule has 0 spiro atoms. The second-order valence-electron chi connectivity index (χ2n) is 4.31. The van der Waals surface area contributed by atoms with E-state index in [-0.39, 0.29) is 0 Å². The summed E-state index contributed by atoms with van der Waals surface area (Å²) < 4.78 is 10.6. The third-order valence-electron chi connectivity index (χ3n) is 3.06. The normalized spacial score (nSPS) is 10.5. The van der Waals surface area contributed by atoms with Crippen LogP contribution in [0.4, 0.5) is 0 Å². The lowest BCUT2D eigenvalue weighted by atomic mass is 10.2. The summed E-state index contributed by atoms with van der Waals surface area (Å²) >= 11 is 1.78. The maximum Gasteiger partial charge on any atom is 0.123 e. The SMILES string of the molecule is COc1ccc(OC)c(CNCc2sccc2C)c1. The standard InChI is InChI=1S/C15H19NO2S/c1-11-6-7-19-15(11)10-16-9-12-8-13(17-2)4-5-14(12)18-3/h4-8,16H,9-10H2,1-3H3. The molecule has 1 heterocycles. The van der Waals surface area contributed by atoms with E-state index in [1.807, 2.05) is 18.2 Å². The summed E-state index contributed by atoms with van der Waals surface area (Å²) in [5.41, 5.74) is 2.45. The van der Waals surface area contributed by atoms with E-state index in [1.165, 1.54) is 10.4 Å². The number of benzene rings is 1. The van der Waals surface area contributed by atoms with E-state index in [2.05, 4.69) is 23.7 Å². The molecule has 0 aliphatic heterocycles. The van der Waals surface area contributed by atoms with Crippen LogP contribution in [0.25, 0.3) is 0 Å². The smallest absolute Gasteiger partial charge is 0.123 e. The van der Waals surface area contributed by atoms with Gasteiger partial charge in [0.15, 0.2) is 0 Å². The molecule has 0 saturated carbocycles. The number of rotatable bonds is 6. The van der Waals surface area contributed by atoms with Gasteiger partial charge < -0.3 is 14.8 Å². The fourth-order valence-electron chi connectivity index (χ4n) is 1.92. The van der Waals surface area contributed by atoms with Crippen molar-refractivity contribution in [3.8, 4) is 11.5 Å². The number of nitrogens with one attached hydrogen (secondary N) is 1. The molecule has 0 amide bonds. The van der Waals surface area contributed by atoms with Gasteiger partial charge in [0, 0.05) is 23.5 Å². The van der Waals surface area contributed by atoms with Gasteiger partial charge in [0.05, 0.1) is 14.2 Å². The Kier molecular flexibility index (Phi) is 4.82. The van der Waals surface area contributed by atoms with Crippen molar-refractivity contribution in [1.29, 1.82) is 0 Å². The summed E-state index contributed by atoms with van der Waals surface area (Å²) in [5, 5.41) is 5.57. The van der Waals surface area contributed by atoms with Gasteiger partial charge in [0.25, 0.3) is 0 Å². The maximum absolute atomic E-state index is 5.36. The first-order valence-electron chi connectivity index (χ1n) is 6.19. The molecular formula is C15H19NO2S. The zero-order valence-electron chi connectivity index (χ0n) is 11.5. The average Bonchev–Trinajstić information content (AvgIpc) is 2.84. The largest absolute Gasteiger partial charge is 0.497 e. The number of aryl methyl sites for hydroxylation is 1. The van der Waals surface area contributed by atoms with Crippen LogP contribution in [0, 0.1) is 6.92 Å². The van der Waals surface area contributed by atoms with E-state index in [1.54, 1.807) is 25.6 Å². The molecule has 2 aromatic rings. The number of methoxy groups -OCH3 is 2. The Morgan fingerprint density at radius 2 is 1.95 bits per heavy atom. The van der Waals surface area contributed by atoms with Crippen LogP contribution in [-0.2, 0) is 13.1 Å². The van der Waals surface area contributed by atoms with Gasteiger partial charge in [0.2, 0.25) is 0 Å². The summed E-state index contributed by atoms with van der Waals surface area (Å²) in [7, 11) is 3.36. The lowest BCUT2D eigenvalue weighted by molar-refractivity contribution is 0.397. The van der Waals surface area contributed by atoms with Crippen LogP contribution in [0.2, 0.25) is 0 Å². The lowest BCUT2D eigenvalue weighted by Crippen LogP contribution is -2.13. The molecule has 0 radical (unpaired) electrons. The summed E-state index contributed by atoms with van der Waals surface area (Å²) in [6.07, 6.45) is 0. The molecule has 0 unspecified atom stereocenters. The lowest BCUT2D eigenvalue weighted by Gasteiger charge is -2.11. The minimum atomic E-state index is 0.762. The molecule has 4 heteroatoms. The van der Waals surface area contributed by atoms with Gasteiger partial charge in [0.1, 0.15) is 11.5 Å². The van der Waals surface area contributed by atoms with Crippen LogP contribution >= 0.6 is 11.3 Å². The van der Waals surface area contributed by atoms with Crippen LogP contribution in [0.15, 0.2) is 29.6 Å². The number of hydrogen-bond donors (Lipinski definition) is 1. The molecule has 0 saturated heterocycles. The van der Waals surface area contributed by atoms with Gasteiger partial charge in [-0.25, -0.2) is 0 Å². The Labute approximate surface area is 118 Å². The third-order valence-corrected chi connectivity index (χ3v) is 4.08. The van der Waals surface area contributed by atoms with Gasteiger partial charge in [-0.2, -0.15) is 0 Å². The van der Waals surface area contributed by atoms with Crippen LogP contribution in [0.1, 0.15) is 16.0 Å². The van der Waals surface area contributed by atoms with Gasteiger partial charge in [-0.1, -0.05) is 0 Å². The molecule has 0 aliphatic carbocycles. The molecule has 3 nitrogen and oxygen atoms in total. The maximum atomic E-state index is 5.36. The van der Waals surface area contributed by atoms with Crippen molar-refractivity contribution in [2.45, 2.75) is 20.0 Å². The molecule has 0 aliphatic rings. The van der Waals surface area contributed by atoms with Crippen LogP contribution < -0.4 is 14.8 Å². The Balaban J connectivity index is 2.00. The number of hydrogen-bond acceptors (Lipinski definition) is 4. The van der Waals surface area contributed by atoms with E-state index in [0.29, 0.717) is 0 Å². The van der Waals surface area contributed by atoms with Crippen LogP contribution in [0.5, 0.6) is 11.5 Å². The van der Waals surface area contributed by atoms with E-state index in [0.717, 1.165) is 30.2 Å². The van der Waals surface area contributed by atoms with E-state index < -0.39 is 0 Å². The molecule has 1 aromatic carbocycles. The molecule has 1 N–H and O–H groups in total. The Hall–Kier alpha value is -1.52. The van der Waals surface area contributed by atoms with Gasteiger partial charge in [-0.15, -0.1) is 11.3 Å². The molecule has 19 heavy (non-hydrogen) atoms. The first-order chi connectivity index (χ1) is 9.24. The predicted molar refractivity (Wildman–Crippen MR) is 79.1 cm³/mol. The fraction of sp³-hybridized carbons (Fsp3) is 0.333.